The lowest BCUT2D eigenvalue weighted by atomic mass is 10.6. The molecule has 0 spiro atoms. The molecule has 0 aromatic carbocycles. The molecule has 0 aromatic heterocycles. The largest absolute Gasteiger partial charge is 0.481 e. The highest BCUT2D eigenvalue weighted by Gasteiger charge is 1.94. The van der Waals surface area contributed by atoms with Crippen LogP contribution in [0.15, 0.2) is 25.3 Å². The van der Waals surface area contributed by atoms with Gasteiger partial charge in [-0.3, -0.25) is 9.59 Å². The summed E-state index contributed by atoms with van der Waals surface area (Å²) < 4.78 is 9.03. The van der Waals surface area contributed by atoms with Gasteiger partial charge in [-0.2, -0.15) is 0 Å². The molecule has 0 bridgehead atoms. The van der Waals surface area contributed by atoms with E-state index in [1.807, 2.05) is 0 Å². The molecule has 9 heteroatoms. The molecule has 23 heavy (non-hydrogen) atoms. The van der Waals surface area contributed by atoms with Crippen molar-refractivity contribution in [3.8, 4) is 0 Å². The number of amides is 1. The van der Waals surface area contributed by atoms with E-state index in [-0.39, 0.29) is 19.1 Å². The number of ether oxygens (including phenoxy) is 2. The molecule has 0 atom stereocenters. The molecule has 0 heterocycles. The van der Waals surface area contributed by atoms with Crippen LogP contribution in [-0.4, -0.2) is 55.2 Å². The third kappa shape index (κ3) is 38.2. The molecule has 0 saturated carbocycles. The number of carboxylic acid groups (broad SMARTS) is 1. The first-order chi connectivity index (χ1) is 10.7. The van der Waals surface area contributed by atoms with Crippen molar-refractivity contribution < 1.29 is 33.8 Å². The molecular weight excluding hydrogens is 308 g/mol. The van der Waals surface area contributed by atoms with E-state index in [1.165, 1.54) is 6.92 Å². The van der Waals surface area contributed by atoms with Crippen molar-refractivity contribution in [1.29, 1.82) is 0 Å². The molecule has 0 aromatic rings. The number of esters is 2. The first kappa shape index (κ1) is 25.3. The van der Waals surface area contributed by atoms with Crippen LogP contribution in [0.2, 0.25) is 0 Å². The van der Waals surface area contributed by atoms with Gasteiger partial charge in [0.1, 0.15) is 13.2 Å². The number of aliphatic carboxylic acids is 1. The van der Waals surface area contributed by atoms with E-state index in [1.54, 1.807) is 0 Å². The highest BCUT2D eigenvalue weighted by molar-refractivity contribution is 5.81. The molecule has 0 unspecified atom stereocenters. The molecule has 0 rings (SSSR count). The van der Waals surface area contributed by atoms with Crippen LogP contribution >= 0.6 is 0 Å². The van der Waals surface area contributed by atoms with E-state index < -0.39 is 17.9 Å². The predicted molar refractivity (Wildman–Crippen MR) is 83.4 cm³/mol. The molecule has 4 N–H and O–H groups in total. The van der Waals surface area contributed by atoms with E-state index in [4.69, 9.17) is 15.6 Å². The van der Waals surface area contributed by atoms with Gasteiger partial charge in [-0.1, -0.05) is 13.2 Å². The van der Waals surface area contributed by atoms with E-state index in [2.05, 4.69) is 27.9 Å². The normalized spacial score (nSPS) is 7.96. The summed E-state index contributed by atoms with van der Waals surface area (Å²) in [6.07, 6.45) is 2.18. The monoisotopic (exact) mass is 332 g/mol. The third-order valence-electron chi connectivity index (χ3n) is 1.42. The Morgan fingerprint density at radius 3 is 1.74 bits per heavy atom. The van der Waals surface area contributed by atoms with Gasteiger partial charge in [-0.15, -0.1) is 0 Å². The van der Waals surface area contributed by atoms with Crippen molar-refractivity contribution in [3.63, 3.8) is 0 Å². The number of carboxylic acids is 1. The quantitative estimate of drug-likeness (QED) is 0.325. The van der Waals surface area contributed by atoms with Gasteiger partial charge in [-0.05, 0) is 0 Å². The SMILES string of the molecule is C=CC(=O)OCCN.C=CC(=O)OCCNC(C)=O.CC(=O)O. The standard InChI is InChI=1S/C7H11NO3.C5H9NO2.C2H4O2/c1-3-7(10)11-5-4-8-6(2)9;1-2-5(7)8-4-3-6;1-2(3)4/h3H,1,4-5H2,2H3,(H,8,9);2H,1,3-4,6H2;1H3,(H,3,4). The van der Waals surface area contributed by atoms with Crippen molar-refractivity contribution >= 4 is 23.8 Å². The Labute approximate surface area is 135 Å². The number of hydrogen-bond acceptors (Lipinski definition) is 7. The highest BCUT2D eigenvalue weighted by Crippen LogP contribution is 1.77. The van der Waals surface area contributed by atoms with Gasteiger partial charge in [0.05, 0.1) is 6.54 Å². The molecule has 0 aliphatic carbocycles. The molecule has 0 aliphatic heterocycles. The summed E-state index contributed by atoms with van der Waals surface area (Å²) in [4.78, 5) is 39.9. The van der Waals surface area contributed by atoms with E-state index in [0.29, 0.717) is 13.1 Å². The van der Waals surface area contributed by atoms with Crippen LogP contribution in [-0.2, 0) is 28.7 Å². The second-order valence-electron chi connectivity index (χ2n) is 3.53. The summed E-state index contributed by atoms with van der Waals surface area (Å²) in [6.45, 7) is 10.0. The fraction of sp³-hybridized carbons (Fsp3) is 0.429. The minimum absolute atomic E-state index is 0.139. The number of nitrogens with one attached hydrogen (secondary N) is 1. The Morgan fingerprint density at radius 1 is 1.04 bits per heavy atom. The summed E-state index contributed by atoms with van der Waals surface area (Å²) in [7, 11) is 0. The maximum absolute atomic E-state index is 10.4. The van der Waals surface area contributed by atoms with Crippen LogP contribution in [0.1, 0.15) is 13.8 Å². The fourth-order valence-corrected chi connectivity index (χ4v) is 0.656. The topological polar surface area (TPSA) is 145 Å². The van der Waals surface area contributed by atoms with Crippen LogP contribution in [0.5, 0.6) is 0 Å². The lowest BCUT2D eigenvalue weighted by molar-refractivity contribution is -0.138. The minimum atomic E-state index is -0.833. The maximum Gasteiger partial charge on any atom is 0.330 e. The average molecular weight is 332 g/mol. The lowest BCUT2D eigenvalue weighted by Gasteiger charge is -2.01. The van der Waals surface area contributed by atoms with E-state index in [0.717, 1.165) is 19.1 Å². The van der Waals surface area contributed by atoms with Crippen LogP contribution in [0.4, 0.5) is 0 Å². The number of carbonyl (C=O) groups is 4. The van der Waals surface area contributed by atoms with Crippen LogP contribution in [0.25, 0.3) is 0 Å². The summed E-state index contributed by atoms with van der Waals surface area (Å²) in [5.74, 6) is -1.87. The van der Waals surface area contributed by atoms with Gasteiger partial charge >= 0.3 is 11.9 Å². The molecule has 0 saturated heterocycles. The van der Waals surface area contributed by atoms with Crippen molar-refractivity contribution in [2.24, 2.45) is 5.73 Å². The van der Waals surface area contributed by atoms with Gasteiger partial charge in [-0.25, -0.2) is 9.59 Å². The Kier molecular flexibility index (Phi) is 21.2. The second kappa shape index (κ2) is 19.3. The molecular formula is C14H24N2O7. The summed E-state index contributed by atoms with van der Waals surface area (Å²) >= 11 is 0. The fourth-order valence-electron chi connectivity index (χ4n) is 0.656. The summed E-state index contributed by atoms with van der Waals surface area (Å²) in [6, 6.07) is 0. The molecule has 0 aliphatic rings. The molecule has 1 amide bonds. The summed E-state index contributed by atoms with van der Waals surface area (Å²) in [5.41, 5.74) is 5.02. The lowest BCUT2D eigenvalue weighted by Crippen LogP contribution is -2.25. The van der Waals surface area contributed by atoms with Gasteiger partial charge in [0, 0.05) is 32.5 Å². The molecule has 132 valence electrons. The van der Waals surface area contributed by atoms with Gasteiger partial charge in [0.15, 0.2) is 0 Å². The smallest absolute Gasteiger partial charge is 0.330 e. The van der Waals surface area contributed by atoms with Crippen molar-refractivity contribution in [1.82, 2.24) is 5.32 Å². The first-order valence-corrected chi connectivity index (χ1v) is 6.43. The van der Waals surface area contributed by atoms with Gasteiger partial charge in [0.2, 0.25) is 5.91 Å². The molecule has 9 nitrogen and oxygen atoms in total. The van der Waals surface area contributed by atoms with Crippen LogP contribution in [0.3, 0.4) is 0 Å². The highest BCUT2D eigenvalue weighted by atomic mass is 16.5. The number of nitrogens with two attached hydrogens (primary N) is 1. The zero-order chi connectivity index (χ0) is 18.7. The van der Waals surface area contributed by atoms with E-state index >= 15 is 0 Å². The third-order valence-corrected chi connectivity index (χ3v) is 1.42. The maximum atomic E-state index is 10.4. The Balaban J connectivity index is -0.000000292. The van der Waals surface area contributed by atoms with Crippen molar-refractivity contribution in [2.75, 3.05) is 26.3 Å². The van der Waals surface area contributed by atoms with Crippen LogP contribution in [0, 0.1) is 0 Å². The number of carbonyl (C=O) groups excluding carboxylic acids is 3. The first-order valence-electron chi connectivity index (χ1n) is 6.43. The number of hydrogen-bond donors (Lipinski definition) is 3. The summed E-state index contributed by atoms with van der Waals surface area (Å²) in [5, 5.41) is 9.89. The Bertz CT molecular complexity index is 391. The van der Waals surface area contributed by atoms with Crippen molar-refractivity contribution in [2.45, 2.75) is 13.8 Å². The minimum Gasteiger partial charge on any atom is -0.481 e. The van der Waals surface area contributed by atoms with Gasteiger partial charge < -0.3 is 25.6 Å². The Morgan fingerprint density at radius 2 is 1.43 bits per heavy atom. The van der Waals surface area contributed by atoms with Crippen molar-refractivity contribution in [3.05, 3.63) is 25.3 Å². The van der Waals surface area contributed by atoms with Gasteiger partial charge in [0.25, 0.3) is 5.97 Å². The molecule has 0 fully saturated rings. The molecule has 0 radical (unpaired) electrons. The Hall–Kier alpha value is -2.68. The number of rotatable bonds is 7. The predicted octanol–water partition coefficient (Wildman–Crippen LogP) is -0.383. The zero-order valence-electron chi connectivity index (χ0n) is 13.4. The average Bonchev–Trinajstić information content (AvgIpc) is 2.48. The van der Waals surface area contributed by atoms with E-state index in [9.17, 15) is 14.4 Å². The second-order valence-corrected chi connectivity index (χ2v) is 3.53. The zero-order valence-corrected chi connectivity index (χ0v) is 13.4. The van der Waals surface area contributed by atoms with Crippen LogP contribution < -0.4 is 11.1 Å².